The monoisotopic (exact) mass is 284 g/mol. The Morgan fingerprint density at radius 2 is 2.12 bits per heavy atom. The first kappa shape index (κ1) is 12.7. The minimum atomic E-state index is -0.545. The molecule has 0 aliphatic rings. The van der Waals surface area contributed by atoms with Gasteiger partial charge >= 0.3 is 6.09 Å². The summed E-state index contributed by atoms with van der Waals surface area (Å²) in [5, 5.41) is 4.54. The van der Waals surface area contributed by atoms with E-state index in [1.165, 1.54) is 0 Å². The average Bonchev–Trinajstić information content (AvgIpc) is 2.31. The SMILES string of the molecule is CCOC(=O)NN=C(CBr)c1ccccc1. The molecule has 0 saturated heterocycles. The molecule has 0 radical (unpaired) electrons. The van der Waals surface area contributed by atoms with Crippen molar-refractivity contribution in [1.29, 1.82) is 0 Å². The maximum absolute atomic E-state index is 11.0. The Morgan fingerprint density at radius 3 is 2.69 bits per heavy atom. The molecule has 1 amide bonds. The van der Waals surface area contributed by atoms with Crippen LogP contribution in [0, 0.1) is 0 Å². The van der Waals surface area contributed by atoms with Crippen molar-refractivity contribution in [2.24, 2.45) is 5.10 Å². The van der Waals surface area contributed by atoms with E-state index >= 15 is 0 Å². The molecule has 0 fully saturated rings. The zero-order chi connectivity index (χ0) is 11.8. The van der Waals surface area contributed by atoms with Gasteiger partial charge in [0, 0.05) is 5.33 Å². The summed E-state index contributed by atoms with van der Waals surface area (Å²) in [6.07, 6.45) is -0.545. The van der Waals surface area contributed by atoms with Crippen LogP contribution in [0.15, 0.2) is 35.4 Å². The van der Waals surface area contributed by atoms with Gasteiger partial charge in [-0.05, 0) is 12.5 Å². The number of benzene rings is 1. The molecule has 0 spiro atoms. The average molecular weight is 285 g/mol. The van der Waals surface area contributed by atoms with Gasteiger partial charge in [-0.3, -0.25) is 0 Å². The number of carbonyl (C=O) groups is 1. The van der Waals surface area contributed by atoms with Crippen LogP contribution in [-0.2, 0) is 4.74 Å². The van der Waals surface area contributed by atoms with E-state index in [1.54, 1.807) is 6.92 Å². The maximum Gasteiger partial charge on any atom is 0.427 e. The maximum atomic E-state index is 11.0. The van der Waals surface area contributed by atoms with Gasteiger partial charge in [0.05, 0.1) is 12.3 Å². The number of hydrogen-bond donors (Lipinski definition) is 1. The predicted molar refractivity (Wildman–Crippen MR) is 66.9 cm³/mol. The van der Waals surface area contributed by atoms with Crippen LogP contribution in [0.25, 0.3) is 0 Å². The van der Waals surface area contributed by atoms with Crippen molar-refractivity contribution < 1.29 is 9.53 Å². The number of alkyl halides is 1. The fourth-order valence-corrected chi connectivity index (χ4v) is 1.53. The summed E-state index contributed by atoms with van der Waals surface area (Å²) in [7, 11) is 0. The second kappa shape index (κ2) is 7.00. The lowest BCUT2D eigenvalue weighted by Crippen LogP contribution is -2.21. The van der Waals surface area contributed by atoms with E-state index in [-0.39, 0.29) is 0 Å². The second-order valence-corrected chi connectivity index (χ2v) is 3.45. The van der Waals surface area contributed by atoms with Crippen LogP contribution >= 0.6 is 15.9 Å². The zero-order valence-electron chi connectivity index (χ0n) is 8.94. The Balaban J connectivity index is 2.68. The lowest BCUT2D eigenvalue weighted by molar-refractivity contribution is 0.152. The van der Waals surface area contributed by atoms with Gasteiger partial charge < -0.3 is 4.74 Å². The first-order chi connectivity index (χ1) is 7.77. The quantitative estimate of drug-likeness (QED) is 0.525. The Hall–Kier alpha value is -1.36. The first-order valence-electron chi connectivity index (χ1n) is 4.88. The molecule has 0 aromatic heterocycles. The molecule has 86 valence electrons. The predicted octanol–water partition coefficient (Wildman–Crippen LogP) is 2.53. The smallest absolute Gasteiger partial charge is 0.427 e. The van der Waals surface area contributed by atoms with Crippen LogP contribution < -0.4 is 5.43 Å². The van der Waals surface area contributed by atoms with Crippen LogP contribution in [0.2, 0.25) is 0 Å². The first-order valence-corrected chi connectivity index (χ1v) is 6.00. The molecule has 0 atom stereocenters. The van der Waals surface area contributed by atoms with Gasteiger partial charge in [0.2, 0.25) is 0 Å². The molecule has 1 N–H and O–H groups in total. The highest BCUT2D eigenvalue weighted by molar-refractivity contribution is 9.09. The standard InChI is InChI=1S/C11H13BrN2O2/c1-2-16-11(15)14-13-10(8-12)9-6-4-3-5-7-9/h3-7H,2,8H2,1H3,(H,14,15). The number of carbonyl (C=O) groups excluding carboxylic acids is 1. The molecule has 1 aromatic carbocycles. The number of ether oxygens (including phenoxy) is 1. The second-order valence-electron chi connectivity index (χ2n) is 2.89. The molecule has 5 heteroatoms. The van der Waals surface area contributed by atoms with Gasteiger partial charge in [-0.2, -0.15) is 5.10 Å². The number of amides is 1. The van der Waals surface area contributed by atoms with Crippen LogP contribution in [0.3, 0.4) is 0 Å². The third-order valence-corrected chi connectivity index (χ3v) is 2.32. The number of rotatable bonds is 4. The normalized spacial score (nSPS) is 11.0. The number of nitrogens with zero attached hydrogens (tertiary/aromatic N) is 1. The van der Waals surface area contributed by atoms with E-state index in [1.807, 2.05) is 30.3 Å². The molecule has 0 bridgehead atoms. The van der Waals surface area contributed by atoms with E-state index in [0.717, 1.165) is 11.3 Å². The van der Waals surface area contributed by atoms with Gasteiger partial charge in [0.15, 0.2) is 0 Å². The van der Waals surface area contributed by atoms with Gasteiger partial charge in [0.1, 0.15) is 0 Å². The van der Waals surface area contributed by atoms with Crippen molar-refractivity contribution in [1.82, 2.24) is 5.43 Å². The Morgan fingerprint density at radius 1 is 1.44 bits per heavy atom. The van der Waals surface area contributed by atoms with E-state index in [0.29, 0.717) is 11.9 Å². The van der Waals surface area contributed by atoms with Crippen molar-refractivity contribution in [2.45, 2.75) is 6.92 Å². The van der Waals surface area contributed by atoms with Crippen molar-refractivity contribution in [3.8, 4) is 0 Å². The highest BCUT2D eigenvalue weighted by Gasteiger charge is 2.03. The molecule has 0 aliphatic heterocycles. The minimum Gasteiger partial charge on any atom is -0.449 e. The van der Waals surface area contributed by atoms with E-state index in [4.69, 9.17) is 4.74 Å². The summed E-state index contributed by atoms with van der Waals surface area (Å²) >= 11 is 3.32. The van der Waals surface area contributed by atoms with Crippen LogP contribution in [0.1, 0.15) is 12.5 Å². The zero-order valence-corrected chi connectivity index (χ0v) is 10.5. The number of nitrogens with one attached hydrogen (secondary N) is 1. The molecule has 4 nitrogen and oxygen atoms in total. The Kier molecular flexibility index (Phi) is 5.56. The molecule has 0 saturated carbocycles. The van der Waals surface area contributed by atoms with Crippen LogP contribution in [0.5, 0.6) is 0 Å². The van der Waals surface area contributed by atoms with Gasteiger partial charge in [0.25, 0.3) is 0 Å². The Bertz CT molecular complexity index is 366. The third kappa shape index (κ3) is 4.02. The highest BCUT2D eigenvalue weighted by Crippen LogP contribution is 2.03. The highest BCUT2D eigenvalue weighted by atomic mass is 79.9. The molecule has 16 heavy (non-hydrogen) atoms. The summed E-state index contributed by atoms with van der Waals surface area (Å²) in [5.41, 5.74) is 4.03. The number of halogens is 1. The largest absolute Gasteiger partial charge is 0.449 e. The molecule has 0 aliphatic carbocycles. The minimum absolute atomic E-state index is 0.330. The summed E-state index contributed by atoms with van der Waals surface area (Å²) in [5.74, 6) is 0. The molecular formula is C11H13BrN2O2. The van der Waals surface area contributed by atoms with Crippen molar-refractivity contribution >= 4 is 27.7 Å². The van der Waals surface area contributed by atoms with E-state index in [9.17, 15) is 4.79 Å². The lowest BCUT2D eigenvalue weighted by Gasteiger charge is -2.04. The van der Waals surface area contributed by atoms with Crippen molar-refractivity contribution in [3.05, 3.63) is 35.9 Å². The number of hydrogen-bond acceptors (Lipinski definition) is 3. The number of hydrazone groups is 1. The van der Waals surface area contributed by atoms with Crippen LogP contribution in [-0.4, -0.2) is 23.7 Å². The third-order valence-electron chi connectivity index (χ3n) is 1.79. The fraction of sp³-hybridized carbons (Fsp3) is 0.273. The van der Waals surface area contributed by atoms with E-state index < -0.39 is 6.09 Å². The molecule has 0 unspecified atom stereocenters. The summed E-state index contributed by atoms with van der Waals surface area (Å²) in [4.78, 5) is 11.0. The molecule has 0 heterocycles. The summed E-state index contributed by atoms with van der Waals surface area (Å²) in [6.45, 7) is 2.07. The van der Waals surface area contributed by atoms with Gasteiger partial charge in [-0.1, -0.05) is 46.3 Å². The topological polar surface area (TPSA) is 50.7 Å². The van der Waals surface area contributed by atoms with Crippen molar-refractivity contribution in [3.63, 3.8) is 0 Å². The molecule has 1 rings (SSSR count). The summed E-state index contributed by atoms with van der Waals surface area (Å²) < 4.78 is 4.70. The van der Waals surface area contributed by atoms with Gasteiger partial charge in [-0.15, -0.1) is 0 Å². The molecular weight excluding hydrogens is 272 g/mol. The van der Waals surface area contributed by atoms with E-state index in [2.05, 4.69) is 26.5 Å². The lowest BCUT2D eigenvalue weighted by atomic mass is 10.1. The summed E-state index contributed by atoms with van der Waals surface area (Å²) in [6, 6.07) is 9.60. The fourth-order valence-electron chi connectivity index (χ4n) is 1.08. The van der Waals surface area contributed by atoms with Crippen molar-refractivity contribution in [2.75, 3.05) is 11.9 Å². The van der Waals surface area contributed by atoms with Gasteiger partial charge in [-0.25, -0.2) is 10.2 Å². The molecule has 1 aromatic rings. The van der Waals surface area contributed by atoms with Crippen LogP contribution in [0.4, 0.5) is 4.79 Å². The Labute approximate surface area is 103 Å².